The molecule has 7 heteroatoms. The molecule has 24 heavy (non-hydrogen) atoms. The fraction of sp³-hybridized carbons (Fsp3) is 0.118. The SMILES string of the molecule is O=C1COc2cc(NCc3cnn(-c4ccccc4)n3)ccc2N1. The molecule has 0 bridgehead atoms. The van der Waals surface area contributed by atoms with Crippen LogP contribution in [0.4, 0.5) is 11.4 Å². The normalized spacial score (nSPS) is 12.9. The van der Waals surface area contributed by atoms with E-state index in [0.29, 0.717) is 18.0 Å². The summed E-state index contributed by atoms with van der Waals surface area (Å²) >= 11 is 0. The first-order valence-corrected chi connectivity index (χ1v) is 7.55. The lowest BCUT2D eigenvalue weighted by molar-refractivity contribution is -0.118. The van der Waals surface area contributed by atoms with Crippen LogP contribution in [0.3, 0.4) is 0 Å². The van der Waals surface area contributed by atoms with Gasteiger partial charge in [0.2, 0.25) is 0 Å². The van der Waals surface area contributed by atoms with Crippen LogP contribution in [0.1, 0.15) is 5.69 Å². The molecule has 0 fully saturated rings. The zero-order chi connectivity index (χ0) is 16.4. The Morgan fingerprint density at radius 2 is 2.08 bits per heavy atom. The summed E-state index contributed by atoms with van der Waals surface area (Å²) in [6.45, 7) is 0.583. The van der Waals surface area contributed by atoms with E-state index in [4.69, 9.17) is 4.74 Å². The van der Waals surface area contributed by atoms with Crippen molar-refractivity contribution in [3.05, 3.63) is 60.4 Å². The van der Waals surface area contributed by atoms with Gasteiger partial charge >= 0.3 is 0 Å². The van der Waals surface area contributed by atoms with E-state index in [1.807, 2.05) is 48.5 Å². The summed E-state index contributed by atoms with van der Waals surface area (Å²) in [7, 11) is 0. The molecule has 0 aliphatic carbocycles. The Morgan fingerprint density at radius 3 is 2.96 bits per heavy atom. The molecule has 0 atom stereocenters. The van der Waals surface area contributed by atoms with Gasteiger partial charge in [0.25, 0.3) is 5.91 Å². The van der Waals surface area contributed by atoms with Gasteiger partial charge in [-0.1, -0.05) is 18.2 Å². The summed E-state index contributed by atoms with van der Waals surface area (Å²) in [5, 5.41) is 14.8. The average Bonchev–Trinajstić information content (AvgIpc) is 3.10. The number of hydrogen-bond donors (Lipinski definition) is 2. The number of fused-ring (bicyclic) bond motifs is 1. The minimum Gasteiger partial charge on any atom is -0.482 e. The largest absolute Gasteiger partial charge is 0.482 e. The first-order chi connectivity index (χ1) is 11.8. The molecule has 0 unspecified atom stereocenters. The predicted molar refractivity (Wildman–Crippen MR) is 89.3 cm³/mol. The van der Waals surface area contributed by atoms with Gasteiger partial charge in [0, 0.05) is 11.8 Å². The molecule has 7 nitrogen and oxygen atoms in total. The minimum absolute atomic E-state index is 0.0435. The lowest BCUT2D eigenvalue weighted by atomic mass is 10.2. The van der Waals surface area contributed by atoms with Crippen molar-refractivity contribution in [2.75, 3.05) is 17.2 Å². The fourth-order valence-corrected chi connectivity index (χ4v) is 2.44. The summed E-state index contributed by atoms with van der Waals surface area (Å²) in [6.07, 6.45) is 1.73. The van der Waals surface area contributed by atoms with Gasteiger partial charge in [0.05, 0.1) is 24.1 Å². The van der Waals surface area contributed by atoms with Crippen molar-refractivity contribution in [3.8, 4) is 11.4 Å². The second-order valence-corrected chi connectivity index (χ2v) is 5.36. The second-order valence-electron chi connectivity index (χ2n) is 5.36. The quantitative estimate of drug-likeness (QED) is 0.770. The number of nitrogens with zero attached hydrogens (tertiary/aromatic N) is 3. The number of benzene rings is 2. The summed E-state index contributed by atoms with van der Waals surface area (Å²) in [4.78, 5) is 12.9. The van der Waals surface area contributed by atoms with Crippen LogP contribution in [-0.2, 0) is 11.3 Å². The Morgan fingerprint density at radius 1 is 1.21 bits per heavy atom. The number of anilines is 2. The lowest BCUT2D eigenvalue weighted by Crippen LogP contribution is -2.25. The van der Waals surface area contributed by atoms with E-state index in [1.54, 1.807) is 11.0 Å². The van der Waals surface area contributed by atoms with E-state index in [2.05, 4.69) is 20.8 Å². The lowest BCUT2D eigenvalue weighted by Gasteiger charge is -2.18. The zero-order valence-electron chi connectivity index (χ0n) is 12.8. The summed E-state index contributed by atoms with van der Waals surface area (Å²) in [5.74, 6) is 0.522. The van der Waals surface area contributed by atoms with Crippen LogP contribution in [0.15, 0.2) is 54.7 Å². The fourth-order valence-electron chi connectivity index (χ4n) is 2.44. The Labute approximate surface area is 138 Å². The molecule has 2 aromatic carbocycles. The molecule has 3 aromatic rings. The molecular formula is C17H15N5O2. The Kier molecular flexibility index (Phi) is 3.59. The first kappa shape index (κ1) is 14.3. The van der Waals surface area contributed by atoms with Crippen molar-refractivity contribution in [2.45, 2.75) is 6.54 Å². The molecule has 4 rings (SSSR count). The Bertz CT molecular complexity index is 876. The van der Waals surface area contributed by atoms with E-state index in [0.717, 1.165) is 17.1 Å². The predicted octanol–water partition coefficient (Wildman–Crippen LogP) is 2.21. The number of amides is 1. The standard InChI is InChI=1S/C17H15N5O2/c23-17-11-24-16-8-12(6-7-15(16)20-17)18-9-13-10-19-22(21-13)14-4-2-1-3-5-14/h1-8,10,18H,9,11H2,(H,20,23). The molecular weight excluding hydrogens is 306 g/mol. The number of para-hydroxylation sites is 1. The van der Waals surface area contributed by atoms with Crippen LogP contribution in [0, 0.1) is 0 Å². The highest BCUT2D eigenvalue weighted by Crippen LogP contribution is 2.30. The molecule has 0 saturated carbocycles. The summed E-state index contributed by atoms with van der Waals surface area (Å²) in [5.41, 5.74) is 3.32. The van der Waals surface area contributed by atoms with Gasteiger partial charge < -0.3 is 15.4 Å². The van der Waals surface area contributed by atoms with Crippen LogP contribution < -0.4 is 15.4 Å². The highest BCUT2D eigenvalue weighted by molar-refractivity contribution is 5.95. The first-order valence-electron chi connectivity index (χ1n) is 7.55. The second kappa shape index (κ2) is 6.04. The third-order valence-corrected chi connectivity index (χ3v) is 3.61. The van der Waals surface area contributed by atoms with Gasteiger partial charge in [0.1, 0.15) is 11.4 Å². The molecule has 1 aliphatic rings. The van der Waals surface area contributed by atoms with E-state index in [1.165, 1.54) is 0 Å². The van der Waals surface area contributed by atoms with Crippen LogP contribution in [0.2, 0.25) is 0 Å². The van der Waals surface area contributed by atoms with Gasteiger partial charge in [-0.05, 0) is 24.3 Å². The molecule has 120 valence electrons. The highest BCUT2D eigenvalue weighted by atomic mass is 16.5. The van der Waals surface area contributed by atoms with Crippen LogP contribution in [0.5, 0.6) is 5.75 Å². The molecule has 0 saturated heterocycles. The molecule has 1 aromatic heterocycles. The number of aromatic nitrogens is 3. The maximum atomic E-state index is 11.3. The minimum atomic E-state index is -0.138. The third-order valence-electron chi connectivity index (χ3n) is 3.61. The van der Waals surface area contributed by atoms with E-state index < -0.39 is 0 Å². The van der Waals surface area contributed by atoms with Crippen molar-refractivity contribution in [1.82, 2.24) is 15.0 Å². The van der Waals surface area contributed by atoms with Gasteiger partial charge in [-0.15, -0.1) is 0 Å². The number of ether oxygens (including phenoxy) is 1. The third kappa shape index (κ3) is 2.91. The van der Waals surface area contributed by atoms with E-state index in [9.17, 15) is 4.79 Å². The molecule has 1 aliphatic heterocycles. The van der Waals surface area contributed by atoms with Crippen molar-refractivity contribution in [2.24, 2.45) is 0 Å². The van der Waals surface area contributed by atoms with Crippen molar-refractivity contribution in [1.29, 1.82) is 0 Å². The van der Waals surface area contributed by atoms with Crippen molar-refractivity contribution in [3.63, 3.8) is 0 Å². The van der Waals surface area contributed by atoms with Crippen LogP contribution in [-0.4, -0.2) is 27.5 Å². The molecule has 0 spiro atoms. The van der Waals surface area contributed by atoms with Gasteiger partial charge in [-0.3, -0.25) is 4.79 Å². The van der Waals surface area contributed by atoms with E-state index >= 15 is 0 Å². The number of carbonyl (C=O) groups is 1. The van der Waals surface area contributed by atoms with Crippen molar-refractivity contribution >= 4 is 17.3 Å². The topological polar surface area (TPSA) is 81.1 Å². The van der Waals surface area contributed by atoms with E-state index in [-0.39, 0.29) is 12.5 Å². The molecule has 2 N–H and O–H groups in total. The summed E-state index contributed by atoms with van der Waals surface area (Å²) < 4.78 is 5.41. The molecule has 0 radical (unpaired) electrons. The van der Waals surface area contributed by atoms with Gasteiger partial charge in [0.15, 0.2) is 6.61 Å². The summed E-state index contributed by atoms with van der Waals surface area (Å²) in [6, 6.07) is 15.3. The molecule has 2 heterocycles. The average molecular weight is 321 g/mol. The smallest absolute Gasteiger partial charge is 0.262 e. The van der Waals surface area contributed by atoms with Gasteiger partial charge in [-0.2, -0.15) is 15.0 Å². The van der Waals surface area contributed by atoms with Crippen LogP contribution >= 0.6 is 0 Å². The van der Waals surface area contributed by atoms with Crippen molar-refractivity contribution < 1.29 is 9.53 Å². The zero-order valence-corrected chi connectivity index (χ0v) is 12.8. The maximum absolute atomic E-state index is 11.3. The number of nitrogens with one attached hydrogen (secondary N) is 2. The highest BCUT2D eigenvalue weighted by Gasteiger charge is 2.15. The Hall–Kier alpha value is -3.35. The number of carbonyl (C=O) groups excluding carboxylic acids is 1. The molecule has 1 amide bonds. The van der Waals surface area contributed by atoms with Gasteiger partial charge in [-0.25, -0.2) is 0 Å². The maximum Gasteiger partial charge on any atom is 0.262 e. The van der Waals surface area contributed by atoms with Crippen LogP contribution in [0.25, 0.3) is 5.69 Å². The Balaban J connectivity index is 1.44. The number of rotatable bonds is 4. The monoisotopic (exact) mass is 321 g/mol. The number of hydrogen-bond acceptors (Lipinski definition) is 5.